The van der Waals surface area contributed by atoms with Crippen LogP contribution >= 0.6 is 35.3 Å². The highest BCUT2D eigenvalue weighted by molar-refractivity contribution is 8.02. The fraction of sp³-hybridized carbons (Fsp3) is 0.250. The van der Waals surface area contributed by atoms with Crippen LogP contribution in [0.4, 0.5) is 0 Å². The largest absolute Gasteiger partial charge is 0.468 e. The van der Waals surface area contributed by atoms with Gasteiger partial charge in [-0.2, -0.15) is 0 Å². The molecule has 1 heterocycles. The Labute approximate surface area is 124 Å². The van der Waals surface area contributed by atoms with E-state index in [1.54, 1.807) is 11.6 Å². The molecule has 19 heavy (non-hydrogen) atoms. The molecule has 0 saturated carbocycles. The van der Waals surface area contributed by atoms with Crippen molar-refractivity contribution in [3.8, 4) is 5.69 Å². The molecule has 0 aliphatic carbocycles. The molecule has 0 aliphatic rings. The van der Waals surface area contributed by atoms with Gasteiger partial charge in [-0.15, -0.1) is 5.10 Å². The highest BCUT2D eigenvalue weighted by Crippen LogP contribution is 2.28. The van der Waals surface area contributed by atoms with Crippen LogP contribution in [0, 0.1) is 3.95 Å². The van der Waals surface area contributed by atoms with Crippen molar-refractivity contribution < 1.29 is 9.53 Å². The van der Waals surface area contributed by atoms with Gasteiger partial charge in [0.1, 0.15) is 5.25 Å². The summed E-state index contributed by atoms with van der Waals surface area (Å²) in [5.74, 6) is -0.266. The fourth-order valence-corrected chi connectivity index (χ4v) is 3.94. The quantitative estimate of drug-likeness (QED) is 0.492. The third-order valence-corrected chi connectivity index (χ3v) is 4.74. The number of aromatic nitrogens is 2. The number of nitrogens with zero attached hydrogens (tertiary/aromatic N) is 2. The van der Waals surface area contributed by atoms with E-state index >= 15 is 0 Å². The molecule has 100 valence electrons. The first-order chi connectivity index (χ1) is 9.11. The van der Waals surface area contributed by atoms with Crippen molar-refractivity contribution in [2.45, 2.75) is 16.5 Å². The lowest BCUT2D eigenvalue weighted by molar-refractivity contribution is -0.139. The van der Waals surface area contributed by atoms with Crippen molar-refractivity contribution in [2.75, 3.05) is 7.11 Å². The Morgan fingerprint density at radius 1 is 1.47 bits per heavy atom. The molecule has 2 rings (SSSR count). The number of methoxy groups -OCH3 is 1. The van der Waals surface area contributed by atoms with Gasteiger partial charge < -0.3 is 4.74 Å². The Balaban J connectivity index is 2.23. The molecule has 4 nitrogen and oxygen atoms in total. The molecular weight excluding hydrogens is 300 g/mol. The average Bonchev–Trinajstić information content (AvgIpc) is 2.79. The van der Waals surface area contributed by atoms with E-state index in [-0.39, 0.29) is 11.2 Å². The minimum atomic E-state index is -0.297. The molecule has 2 aromatic rings. The Kier molecular flexibility index (Phi) is 4.73. The summed E-state index contributed by atoms with van der Waals surface area (Å²) in [6, 6.07) is 9.68. The number of thioether (sulfide) groups is 1. The number of carbonyl (C=O) groups excluding carboxylic acids is 1. The Hall–Kier alpha value is -1.18. The number of rotatable bonds is 4. The van der Waals surface area contributed by atoms with Crippen molar-refractivity contribution in [3.63, 3.8) is 0 Å². The highest BCUT2D eigenvalue weighted by Gasteiger charge is 2.17. The molecule has 0 amide bonds. The van der Waals surface area contributed by atoms with Gasteiger partial charge in [0.25, 0.3) is 0 Å². The maximum Gasteiger partial charge on any atom is 0.318 e. The van der Waals surface area contributed by atoms with Gasteiger partial charge in [0, 0.05) is 0 Å². The monoisotopic (exact) mass is 312 g/mol. The van der Waals surface area contributed by atoms with Gasteiger partial charge in [-0.05, 0) is 31.3 Å². The van der Waals surface area contributed by atoms with Crippen LogP contribution in [-0.2, 0) is 9.53 Å². The zero-order valence-corrected chi connectivity index (χ0v) is 12.8. The summed E-state index contributed by atoms with van der Waals surface area (Å²) in [7, 11) is 1.38. The summed E-state index contributed by atoms with van der Waals surface area (Å²) >= 11 is 8.03. The Bertz CT molecular complexity index is 621. The third-order valence-electron chi connectivity index (χ3n) is 2.34. The first kappa shape index (κ1) is 14.2. The predicted octanol–water partition coefficient (Wildman–Crippen LogP) is 3.32. The molecule has 0 N–H and O–H groups in total. The van der Waals surface area contributed by atoms with Gasteiger partial charge >= 0.3 is 5.97 Å². The van der Waals surface area contributed by atoms with Crippen LogP contribution in [0.2, 0.25) is 0 Å². The Morgan fingerprint density at radius 2 is 2.16 bits per heavy atom. The molecule has 0 radical (unpaired) electrons. The molecular formula is C12H12N2O2S3. The summed E-state index contributed by atoms with van der Waals surface area (Å²) in [4.78, 5) is 11.4. The smallest absolute Gasteiger partial charge is 0.318 e. The molecule has 7 heteroatoms. The summed E-state index contributed by atoms with van der Waals surface area (Å²) < 4.78 is 7.81. The van der Waals surface area contributed by atoms with Crippen molar-refractivity contribution in [1.82, 2.24) is 9.78 Å². The van der Waals surface area contributed by atoms with Crippen molar-refractivity contribution in [2.24, 2.45) is 0 Å². The zero-order valence-electron chi connectivity index (χ0n) is 10.4. The van der Waals surface area contributed by atoms with Gasteiger partial charge in [-0.1, -0.05) is 41.3 Å². The molecule has 1 aromatic heterocycles. The van der Waals surface area contributed by atoms with Gasteiger partial charge in [0.15, 0.2) is 8.29 Å². The van der Waals surface area contributed by atoms with E-state index in [4.69, 9.17) is 17.0 Å². The predicted molar refractivity (Wildman–Crippen MR) is 79.6 cm³/mol. The normalized spacial score (nSPS) is 12.1. The number of ether oxygens (including phenoxy) is 1. The molecule has 1 aromatic carbocycles. The van der Waals surface area contributed by atoms with Crippen LogP contribution in [0.1, 0.15) is 6.92 Å². The van der Waals surface area contributed by atoms with Crippen LogP contribution in [0.5, 0.6) is 0 Å². The standard InChI is InChI=1S/C12H12N2O2S3/c1-8(10(15)16-2)18-11-13-14(12(17)19-11)9-6-4-3-5-7-9/h3-8H,1-2H3/t8-/m0/s1. The van der Waals surface area contributed by atoms with E-state index in [9.17, 15) is 4.79 Å². The molecule has 0 bridgehead atoms. The lowest BCUT2D eigenvalue weighted by Crippen LogP contribution is -2.14. The summed E-state index contributed by atoms with van der Waals surface area (Å²) in [6.07, 6.45) is 0. The van der Waals surface area contributed by atoms with Crippen LogP contribution in [0.15, 0.2) is 34.7 Å². The van der Waals surface area contributed by atoms with E-state index in [1.165, 1.54) is 30.2 Å². The summed E-state index contributed by atoms with van der Waals surface area (Å²) in [5.41, 5.74) is 0.918. The number of carbonyl (C=O) groups is 1. The van der Waals surface area contributed by atoms with E-state index in [0.29, 0.717) is 3.95 Å². The van der Waals surface area contributed by atoms with Gasteiger partial charge in [-0.3, -0.25) is 4.79 Å². The minimum Gasteiger partial charge on any atom is -0.468 e. The van der Waals surface area contributed by atoms with E-state index in [1.807, 2.05) is 30.3 Å². The number of benzene rings is 1. The first-order valence-electron chi connectivity index (χ1n) is 5.52. The third kappa shape index (κ3) is 3.43. The number of hydrogen-bond donors (Lipinski definition) is 0. The molecule has 0 aliphatic heterocycles. The van der Waals surface area contributed by atoms with Crippen molar-refractivity contribution in [3.05, 3.63) is 34.3 Å². The van der Waals surface area contributed by atoms with Crippen LogP contribution in [-0.4, -0.2) is 28.1 Å². The maximum absolute atomic E-state index is 11.4. The molecule has 0 saturated heterocycles. The lowest BCUT2D eigenvalue weighted by Gasteiger charge is -2.05. The topological polar surface area (TPSA) is 44.1 Å². The summed E-state index contributed by atoms with van der Waals surface area (Å²) in [5, 5.41) is 4.13. The highest BCUT2D eigenvalue weighted by atomic mass is 32.2. The van der Waals surface area contributed by atoms with E-state index < -0.39 is 0 Å². The van der Waals surface area contributed by atoms with Crippen LogP contribution < -0.4 is 0 Å². The van der Waals surface area contributed by atoms with E-state index in [0.717, 1.165) is 10.0 Å². The van der Waals surface area contributed by atoms with Gasteiger partial charge in [0.2, 0.25) is 0 Å². The van der Waals surface area contributed by atoms with Crippen molar-refractivity contribution >= 4 is 41.3 Å². The SMILES string of the molecule is COC(=O)[C@H](C)Sc1nn(-c2ccccc2)c(=S)s1. The fourth-order valence-electron chi connectivity index (χ4n) is 1.41. The molecule has 0 spiro atoms. The van der Waals surface area contributed by atoms with Crippen LogP contribution in [0.25, 0.3) is 5.69 Å². The lowest BCUT2D eigenvalue weighted by atomic mass is 10.3. The van der Waals surface area contributed by atoms with E-state index in [2.05, 4.69) is 5.10 Å². The molecule has 1 atom stereocenters. The number of para-hydroxylation sites is 1. The first-order valence-corrected chi connectivity index (χ1v) is 7.62. The maximum atomic E-state index is 11.4. The van der Waals surface area contributed by atoms with Crippen molar-refractivity contribution in [1.29, 1.82) is 0 Å². The van der Waals surface area contributed by atoms with Crippen LogP contribution in [0.3, 0.4) is 0 Å². The molecule has 0 fully saturated rings. The summed E-state index contributed by atoms with van der Waals surface area (Å²) in [6.45, 7) is 1.79. The number of esters is 1. The second kappa shape index (κ2) is 6.31. The van der Waals surface area contributed by atoms with Gasteiger partial charge in [-0.25, -0.2) is 4.68 Å². The second-order valence-electron chi connectivity index (χ2n) is 3.66. The zero-order chi connectivity index (χ0) is 13.8. The Morgan fingerprint density at radius 3 is 2.79 bits per heavy atom. The average molecular weight is 312 g/mol. The second-order valence-corrected chi connectivity index (χ2v) is 6.88. The number of hydrogen-bond acceptors (Lipinski definition) is 6. The molecule has 0 unspecified atom stereocenters. The van der Waals surface area contributed by atoms with Gasteiger partial charge in [0.05, 0.1) is 12.8 Å². The minimum absolute atomic E-state index is 0.266.